The highest BCUT2D eigenvalue weighted by atomic mass is 16.5. The molecule has 0 aromatic rings. The van der Waals surface area contributed by atoms with Crippen LogP contribution in [0.15, 0.2) is 11.8 Å². The Hall–Kier alpha value is -1.52. The van der Waals surface area contributed by atoms with Crippen LogP contribution in [0.3, 0.4) is 0 Å². The van der Waals surface area contributed by atoms with Gasteiger partial charge in [0.2, 0.25) is 0 Å². The summed E-state index contributed by atoms with van der Waals surface area (Å²) >= 11 is 0. The molecule has 1 aliphatic heterocycles. The second-order valence-corrected chi connectivity index (χ2v) is 4.28. The van der Waals surface area contributed by atoms with Gasteiger partial charge in [-0.15, -0.1) is 0 Å². The lowest BCUT2D eigenvalue weighted by molar-refractivity contribution is -0.137. The van der Waals surface area contributed by atoms with E-state index in [0.717, 1.165) is 12.8 Å². The number of ether oxygens (including phenoxy) is 1. The molecule has 0 spiro atoms. The average Bonchev–Trinajstić information content (AvgIpc) is 2.91. The largest absolute Gasteiger partial charge is 0.500 e. The van der Waals surface area contributed by atoms with Crippen LogP contribution in [0.25, 0.3) is 0 Å². The van der Waals surface area contributed by atoms with Crippen LogP contribution in [0.1, 0.15) is 25.7 Å². The maximum atomic E-state index is 11.7. The third-order valence-corrected chi connectivity index (χ3v) is 2.91. The zero-order valence-electron chi connectivity index (χ0n) is 8.94. The summed E-state index contributed by atoms with van der Waals surface area (Å²) in [6.07, 6.45) is 4.09. The van der Waals surface area contributed by atoms with E-state index >= 15 is 0 Å². The number of carbonyl (C=O) groups is 2. The van der Waals surface area contributed by atoms with Gasteiger partial charge in [-0.25, -0.2) is 0 Å². The van der Waals surface area contributed by atoms with Gasteiger partial charge in [-0.2, -0.15) is 0 Å². The molecule has 16 heavy (non-hydrogen) atoms. The summed E-state index contributed by atoms with van der Waals surface area (Å²) < 4.78 is 4.98. The number of nitrogens with one attached hydrogen (secondary N) is 1. The molecule has 0 aromatic heterocycles. The molecule has 5 nitrogen and oxygen atoms in total. The number of carboxylic acids is 1. The highest BCUT2D eigenvalue weighted by Gasteiger charge is 2.34. The first-order chi connectivity index (χ1) is 7.66. The Balaban J connectivity index is 1.89. The first-order valence-electron chi connectivity index (χ1n) is 5.50. The van der Waals surface area contributed by atoms with Crippen molar-refractivity contribution in [1.82, 2.24) is 5.32 Å². The summed E-state index contributed by atoms with van der Waals surface area (Å²) in [6.45, 7) is 0.537. The van der Waals surface area contributed by atoms with Gasteiger partial charge in [-0.1, -0.05) is 0 Å². The van der Waals surface area contributed by atoms with Gasteiger partial charge >= 0.3 is 5.97 Å². The van der Waals surface area contributed by atoms with Crippen LogP contribution in [-0.2, 0) is 14.3 Å². The Morgan fingerprint density at radius 3 is 2.81 bits per heavy atom. The predicted octanol–water partition coefficient (Wildman–Crippen LogP) is 0.660. The molecule has 0 aromatic carbocycles. The molecular weight excluding hydrogens is 210 g/mol. The molecule has 0 bridgehead atoms. The highest BCUT2D eigenvalue weighted by Crippen LogP contribution is 2.34. The lowest BCUT2D eigenvalue weighted by atomic mass is 10.1. The normalized spacial score (nSPS) is 20.9. The lowest BCUT2D eigenvalue weighted by Crippen LogP contribution is -2.38. The second kappa shape index (κ2) is 4.55. The molecule has 88 valence electrons. The van der Waals surface area contributed by atoms with Crippen molar-refractivity contribution in [3.05, 3.63) is 11.8 Å². The zero-order valence-corrected chi connectivity index (χ0v) is 8.94. The van der Waals surface area contributed by atoms with Crippen molar-refractivity contribution in [2.75, 3.05) is 6.61 Å². The summed E-state index contributed by atoms with van der Waals surface area (Å²) in [7, 11) is 0. The number of amides is 1. The number of aliphatic carboxylic acids is 1. The molecule has 1 saturated carbocycles. The topological polar surface area (TPSA) is 75.6 Å². The van der Waals surface area contributed by atoms with Crippen LogP contribution in [0.4, 0.5) is 0 Å². The molecule has 5 heteroatoms. The Morgan fingerprint density at radius 2 is 2.31 bits per heavy atom. The first-order valence-corrected chi connectivity index (χ1v) is 5.50. The predicted molar refractivity (Wildman–Crippen MR) is 55.6 cm³/mol. The fraction of sp³-hybridized carbons (Fsp3) is 0.636. The molecule has 2 aliphatic rings. The summed E-state index contributed by atoms with van der Waals surface area (Å²) in [5, 5.41) is 11.5. The van der Waals surface area contributed by atoms with Crippen molar-refractivity contribution >= 4 is 11.9 Å². The maximum Gasteiger partial charge on any atom is 0.305 e. The summed E-state index contributed by atoms with van der Waals surface area (Å²) in [5.74, 6) is -0.715. The number of rotatable bonds is 5. The van der Waals surface area contributed by atoms with E-state index in [1.165, 1.54) is 6.26 Å². The number of hydrogen-bond acceptors (Lipinski definition) is 3. The number of hydrogen-bond donors (Lipinski definition) is 2. The molecule has 2 rings (SSSR count). The van der Waals surface area contributed by atoms with Gasteiger partial charge in [-0.3, -0.25) is 9.59 Å². The van der Waals surface area contributed by atoms with Crippen LogP contribution in [-0.4, -0.2) is 29.6 Å². The molecule has 1 aliphatic carbocycles. The van der Waals surface area contributed by atoms with E-state index in [1.54, 1.807) is 0 Å². The standard InChI is InChI=1S/C11H15NO4/c13-10(14)5-9(7-1-2-7)12-11(15)8-3-4-16-6-8/h6-7,9H,1-5H2,(H,12,15)(H,13,14). The Bertz CT molecular complexity index is 333. The van der Waals surface area contributed by atoms with Gasteiger partial charge in [0.1, 0.15) is 0 Å². The van der Waals surface area contributed by atoms with E-state index in [4.69, 9.17) is 9.84 Å². The molecule has 0 radical (unpaired) electrons. The third kappa shape index (κ3) is 2.74. The van der Waals surface area contributed by atoms with Crippen LogP contribution in [0, 0.1) is 5.92 Å². The van der Waals surface area contributed by atoms with Crippen molar-refractivity contribution in [1.29, 1.82) is 0 Å². The molecule has 0 saturated heterocycles. The molecule has 1 heterocycles. The van der Waals surface area contributed by atoms with E-state index in [2.05, 4.69) is 5.32 Å². The van der Waals surface area contributed by atoms with Crippen molar-refractivity contribution < 1.29 is 19.4 Å². The van der Waals surface area contributed by atoms with Crippen LogP contribution in [0.5, 0.6) is 0 Å². The van der Waals surface area contributed by atoms with Crippen molar-refractivity contribution in [3.63, 3.8) is 0 Å². The second-order valence-electron chi connectivity index (χ2n) is 4.28. The minimum atomic E-state index is -0.867. The van der Waals surface area contributed by atoms with Gasteiger partial charge in [0, 0.05) is 12.5 Å². The van der Waals surface area contributed by atoms with E-state index < -0.39 is 5.97 Å². The SMILES string of the molecule is O=C(O)CC(NC(=O)C1=COCC1)C1CC1. The Kier molecular flexibility index (Phi) is 3.12. The van der Waals surface area contributed by atoms with Gasteiger partial charge in [0.05, 0.1) is 24.9 Å². The van der Waals surface area contributed by atoms with Crippen LogP contribution in [0.2, 0.25) is 0 Å². The Labute approximate surface area is 93.5 Å². The minimum Gasteiger partial charge on any atom is -0.500 e. The maximum absolute atomic E-state index is 11.7. The van der Waals surface area contributed by atoms with Crippen LogP contribution < -0.4 is 5.32 Å². The molecule has 1 unspecified atom stereocenters. The number of carboxylic acid groups (broad SMARTS) is 1. The van der Waals surface area contributed by atoms with E-state index in [-0.39, 0.29) is 18.4 Å². The number of carbonyl (C=O) groups excluding carboxylic acids is 1. The van der Waals surface area contributed by atoms with Gasteiger partial charge in [0.15, 0.2) is 0 Å². The van der Waals surface area contributed by atoms with Crippen LogP contribution >= 0.6 is 0 Å². The molecule has 1 fully saturated rings. The summed E-state index contributed by atoms with van der Waals surface area (Å²) in [5.41, 5.74) is 0.607. The fourth-order valence-electron chi connectivity index (χ4n) is 1.84. The quantitative estimate of drug-likeness (QED) is 0.720. The van der Waals surface area contributed by atoms with Crippen molar-refractivity contribution in [2.45, 2.75) is 31.7 Å². The molecular formula is C11H15NO4. The monoisotopic (exact) mass is 225 g/mol. The third-order valence-electron chi connectivity index (χ3n) is 2.91. The van der Waals surface area contributed by atoms with Crippen molar-refractivity contribution in [2.24, 2.45) is 5.92 Å². The van der Waals surface area contributed by atoms with Crippen molar-refractivity contribution in [3.8, 4) is 0 Å². The molecule has 1 amide bonds. The molecule has 1 atom stereocenters. The van der Waals surface area contributed by atoms with Gasteiger partial charge < -0.3 is 15.2 Å². The molecule has 2 N–H and O–H groups in total. The zero-order chi connectivity index (χ0) is 11.5. The smallest absolute Gasteiger partial charge is 0.305 e. The average molecular weight is 225 g/mol. The van der Waals surface area contributed by atoms with Gasteiger partial charge in [-0.05, 0) is 18.8 Å². The van der Waals surface area contributed by atoms with E-state index in [1.807, 2.05) is 0 Å². The highest BCUT2D eigenvalue weighted by molar-refractivity contribution is 5.93. The Morgan fingerprint density at radius 1 is 1.56 bits per heavy atom. The van der Waals surface area contributed by atoms with E-state index in [9.17, 15) is 9.59 Å². The lowest BCUT2D eigenvalue weighted by Gasteiger charge is -2.15. The fourth-order valence-corrected chi connectivity index (χ4v) is 1.84. The first kappa shape index (κ1) is 11.0. The minimum absolute atomic E-state index is 0.00451. The summed E-state index contributed by atoms with van der Waals surface area (Å²) in [4.78, 5) is 22.4. The van der Waals surface area contributed by atoms with Gasteiger partial charge in [0.25, 0.3) is 5.91 Å². The van der Waals surface area contributed by atoms with E-state index in [0.29, 0.717) is 24.5 Å². The summed E-state index contributed by atoms with van der Waals surface area (Å²) in [6, 6.07) is -0.230.